The Balaban J connectivity index is 1.47. The Bertz CT molecular complexity index is 933. The van der Waals surface area contributed by atoms with E-state index in [4.69, 9.17) is 19.7 Å². The van der Waals surface area contributed by atoms with E-state index >= 15 is 0 Å². The number of halogens is 1. The molecule has 1 aromatic rings. The van der Waals surface area contributed by atoms with Gasteiger partial charge in [0.1, 0.15) is 5.60 Å². The smallest absolute Gasteiger partial charge is 0.410 e. The first-order valence-corrected chi connectivity index (χ1v) is 12.7. The summed E-state index contributed by atoms with van der Waals surface area (Å²) in [4.78, 5) is 26.2. The standard InChI is InChI=1S/C27H39FN2O6/c1-27(2,3)36-26(34)30-12-10-18(11-13-30)17-35-24-9-8-21(14-23(24)28)19-4-6-20(7-5-19)25(33)29-22(15-31)16-32/h4,8-9,14,18,20,22,31-32H,5-7,10-13,15-17H2,1-3H3,(H,29,33). The first-order chi connectivity index (χ1) is 17.1. The van der Waals surface area contributed by atoms with E-state index in [1.807, 2.05) is 32.9 Å². The summed E-state index contributed by atoms with van der Waals surface area (Å²) in [5.74, 6) is -0.397. The second kappa shape index (κ2) is 12.5. The van der Waals surface area contributed by atoms with Crippen LogP contribution in [0.2, 0.25) is 0 Å². The van der Waals surface area contributed by atoms with E-state index in [0.717, 1.165) is 24.0 Å². The average Bonchev–Trinajstić information content (AvgIpc) is 2.85. The van der Waals surface area contributed by atoms with Gasteiger partial charge >= 0.3 is 6.09 Å². The zero-order chi connectivity index (χ0) is 26.3. The van der Waals surface area contributed by atoms with Gasteiger partial charge in [0.25, 0.3) is 0 Å². The van der Waals surface area contributed by atoms with Gasteiger partial charge in [0.05, 0.1) is 25.9 Å². The highest BCUT2D eigenvalue weighted by atomic mass is 19.1. The predicted molar refractivity (Wildman–Crippen MR) is 134 cm³/mol. The molecule has 9 heteroatoms. The number of likely N-dealkylation sites (tertiary alicyclic amines) is 1. The lowest BCUT2D eigenvalue weighted by atomic mass is 9.86. The third-order valence-corrected chi connectivity index (χ3v) is 6.61. The molecule has 200 valence electrons. The second-order valence-electron chi connectivity index (χ2n) is 10.6. The number of aliphatic hydroxyl groups excluding tert-OH is 2. The maximum atomic E-state index is 14.8. The van der Waals surface area contributed by atoms with Gasteiger partial charge in [-0.3, -0.25) is 4.79 Å². The molecule has 1 aliphatic carbocycles. The number of rotatable bonds is 8. The number of hydrogen-bond acceptors (Lipinski definition) is 6. The molecule has 1 atom stereocenters. The molecule has 2 amide bonds. The van der Waals surface area contributed by atoms with Crippen molar-refractivity contribution in [3.05, 3.63) is 35.7 Å². The molecule has 1 unspecified atom stereocenters. The number of hydrogen-bond donors (Lipinski definition) is 3. The van der Waals surface area contributed by atoms with E-state index in [2.05, 4.69) is 5.32 Å². The van der Waals surface area contributed by atoms with Crippen LogP contribution in [0, 0.1) is 17.7 Å². The summed E-state index contributed by atoms with van der Waals surface area (Å²) in [6.45, 7) is 6.50. The largest absolute Gasteiger partial charge is 0.490 e. The molecule has 0 bridgehead atoms. The van der Waals surface area contributed by atoms with Crippen LogP contribution in [0.5, 0.6) is 5.75 Å². The molecule has 1 heterocycles. The van der Waals surface area contributed by atoms with E-state index < -0.39 is 17.5 Å². The Kier molecular flexibility index (Phi) is 9.73. The van der Waals surface area contributed by atoms with Crippen molar-refractivity contribution < 1.29 is 33.7 Å². The van der Waals surface area contributed by atoms with Crippen LogP contribution in [0.25, 0.3) is 5.57 Å². The number of ether oxygens (including phenoxy) is 2. The van der Waals surface area contributed by atoms with Gasteiger partial charge in [-0.15, -0.1) is 0 Å². The van der Waals surface area contributed by atoms with Crippen LogP contribution in [0.1, 0.15) is 58.4 Å². The Hall–Kier alpha value is -2.65. The van der Waals surface area contributed by atoms with Gasteiger partial charge in [-0.25, -0.2) is 9.18 Å². The molecular formula is C27H39FN2O6. The Morgan fingerprint density at radius 2 is 1.86 bits per heavy atom. The summed E-state index contributed by atoms with van der Waals surface area (Å²) in [7, 11) is 0. The topological polar surface area (TPSA) is 108 Å². The summed E-state index contributed by atoms with van der Waals surface area (Å²) in [6, 6.07) is 4.30. The van der Waals surface area contributed by atoms with Gasteiger partial charge in [-0.1, -0.05) is 12.1 Å². The minimum atomic E-state index is -0.651. The van der Waals surface area contributed by atoms with Gasteiger partial charge in [0.2, 0.25) is 5.91 Å². The molecule has 1 aliphatic heterocycles. The number of aliphatic hydroxyl groups is 2. The highest BCUT2D eigenvalue weighted by Gasteiger charge is 2.28. The van der Waals surface area contributed by atoms with E-state index in [-0.39, 0.29) is 42.8 Å². The lowest BCUT2D eigenvalue weighted by Gasteiger charge is -2.33. The normalized spacial score (nSPS) is 19.1. The summed E-state index contributed by atoms with van der Waals surface area (Å²) in [5.41, 5.74) is 1.24. The predicted octanol–water partition coefficient (Wildman–Crippen LogP) is 3.50. The van der Waals surface area contributed by atoms with Crippen LogP contribution < -0.4 is 10.1 Å². The molecule has 2 aliphatic rings. The molecule has 0 radical (unpaired) electrons. The molecule has 1 saturated heterocycles. The number of piperidine rings is 1. The number of nitrogens with one attached hydrogen (secondary N) is 1. The quantitative estimate of drug-likeness (QED) is 0.498. The zero-order valence-corrected chi connectivity index (χ0v) is 21.5. The third kappa shape index (κ3) is 7.93. The van der Waals surface area contributed by atoms with Crippen LogP contribution in [-0.2, 0) is 9.53 Å². The number of benzene rings is 1. The lowest BCUT2D eigenvalue weighted by molar-refractivity contribution is -0.126. The Labute approximate surface area is 212 Å². The monoisotopic (exact) mass is 506 g/mol. The van der Waals surface area contributed by atoms with E-state index in [0.29, 0.717) is 39.0 Å². The molecule has 1 fully saturated rings. The highest BCUT2D eigenvalue weighted by Crippen LogP contribution is 2.32. The zero-order valence-electron chi connectivity index (χ0n) is 21.5. The summed E-state index contributed by atoms with van der Waals surface area (Å²) in [5, 5.41) is 20.9. The molecule has 0 spiro atoms. The fourth-order valence-corrected chi connectivity index (χ4v) is 4.44. The first kappa shape index (κ1) is 27.9. The first-order valence-electron chi connectivity index (χ1n) is 12.7. The van der Waals surface area contributed by atoms with Crippen LogP contribution in [0.4, 0.5) is 9.18 Å². The van der Waals surface area contributed by atoms with Gasteiger partial charge in [-0.05, 0) is 82.1 Å². The molecule has 1 aromatic carbocycles. The van der Waals surface area contributed by atoms with Crippen molar-refractivity contribution >= 4 is 17.6 Å². The van der Waals surface area contributed by atoms with E-state index in [9.17, 15) is 14.0 Å². The number of allylic oxidation sites excluding steroid dienone is 2. The summed E-state index contributed by atoms with van der Waals surface area (Å²) >= 11 is 0. The van der Waals surface area contributed by atoms with Crippen LogP contribution in [-0.4, -0.2) is 71.7 Å². The second-order valence-corrected chi connectivity index (χ2v) is 10.6. The lowest BCUT2D eigenvalue weighted by Crippen LogP contribution is -2.43. The third-order valence-electron chi connectivity index (χ3n) is 6.61. The van der Waals surface area contributed by atoms with Crippen molar-refractivity contribution in [3.8, 4) is 5.75 Å². The molecule has 0 aromatic heterocycles. The van der Waals surface area contributed by atoms with Gasteiger partial charge in [0.15, 0.2) is 11.6 Å². The average molecular weight is 507 g/mol. The molecule has 3 N–H and O–H groups in total. The Morgan fingerprint density at radius 1 is 1.17 bits per heavy atom. The van der Waals surface area contributed by atoms with Crippen molar-refractivity contribution in [3.63, 3.8) is 0 Å². The van der Waals surface area contributed by atoms with Crippen LogP contribution in [0.3, 0.4) is 0 Å². The maximum Gasteiger partial charge on any atom is 0.410 e. The molecule has 36 heavy (non-hydrogen) atoms. The van der Waals surface area contributed by atoms with Crippen molar-refractivity contribution in [2.75, 3.05) is 32.9 Å². The van der Waals surface area contributed by atoms with Gasteiger partial charge in [-0.2, -0.15) is 0 Å². The fraction of sp³-hybridized carbons (Fsp3) is 0.630. The van der Waals surface area contributed by atoms with Crippen LogP contribution >= 0.6 is 0 Å². The Morgan fingerprint density at radius 3 is 2.42 bits per heavy atom. The minimum absolute atomic E-state index is 0.190. The van der Waals surface area contributed by atoms with E-state index in [1.165, 1.54) is 6.07 Å². The highest BCUT2D eigenvalue weighted by molar-refractivity contribution is 5.81. The van der Waals surface area contributed by atoms with Crippen molar-refractivity contribution in [1.82, 2.24) is 10.2 Å². The minimum Gasteiger partial charge on any atom is -0.490 e. The van der Waals surface area contributed by atoms with Crippen molar-refractivity contribution in [2.24, 2.45) is 11.8 Å². The number of carbonyl (C=O) groups excluding carboxylic acids is 2. The van der Waals surface area contributed by atoms with E-state index in [1.54, 1.807) is 11.0 Å². The van der Waals surface area contributed by atoms with Gasteiger partial charge in [0, 0.05) is 19.0 Å². The molecular weight excluding hydrogens is 467 g/mol. The summed E-state index contributed by atoms with van der Waals surface area (Å²) in [6.07, 6.45) is 4.98. The molecule has 3 rings (SSSR count). The van der Waals surface area contributed by atoms with Crippen molar-refractivity contribution in [2.45, 2.75) is 64.5 Å². The number of nitrogens with zero attached hydrogens (tertiary/aromatic N) is 1. The number of amides is 2. The SMILES string of the molecule is CC(C)(C)OC(=O)N1CCC(COc2ccc(C3=CCC(C(=O)NC(CO)CO)CC3)cc2F)CC1. The maximum absolute atomic E-state index is 14.8. The fourth-order valence-electron chi connectivity index (χ4n) is 4.44. The molecule has 8 nitrogen and oxygen atoms in total. The number of carbonyl (C=O) groups is 2. The molecule has 0 saturated carbocycles. The van der Waals surface area contributed by atoms with Crippen LogP contribution in [0.15, 0.2) is 24.3 Å². The summed E-state index contributed by atoms with van der Waals surface area (Å²) < 4.78 is 26.0. The van der Waals surface area contributed by atoms with Crippen molar-refractivity contribution in [1.29, 1.82) is 0 Å². The van der Waals surface area contributed by atoms with Gasteiger partial charge < -0.3 is 29.9 Å².